The predicted octanol–water partition coefficient (Wildman–Crippen LogP) is 10.9. The summed E-state index contributed by atoms with van der Waals surface area (Å²) in [6.07, 6.45) is 6.99. The molecule has 14 nitrogen and oxygen atoms in total. The van der Waals surface area contributed by atoms with E-state index in [1.165, 1.54) is 24.5 Å². The Bertz CT molecular complexity index is 2610. The fourth-order valence-electron chi connectivity index (χ4n) is 5.92. The lowest BCUT2D eigenvalue weighted by Gasteiger charge is -2.16. The first kappa shape index (κ1) is 47.6. The summed E-state index contributed by atoms with van der Waals surface area (Å²) >= 11 is 25.5. The first-order valence-corrected chi connectivity index (χ1v) is 22.2. The molecule has 2 heterocycles. The van der Waals surface area contributed by atoms with Gasteiger partial charge >= 0.3 is 0 Å². The van der Waals surface area contributed by atoms with Crippen LogP contribution in [0.5, 0.6) is 34.5 Å². The van der Waals surface area contributed by atoms with Crippen LogP contribution in [0.15, 0.2) is 85.5 Å². The van der Waals surface area contributed by atoms with Crippen LogP contribution in [0.25, 0.3) is 0 Å². The van der Waals surface area contributed by atoms with E-state index in [9.17, 15) is 18.0 Å². The highest BCUT2D eigenvalue weighted by atomic mass is 35.5. The molecule has 0 saturated carbocycles. The maximum absolute atomic E-state index is 12.4. The molecular formula is C43H44Cl4N6O8S. The van der Waals surface area contributed by atoms with Crippen molar-refractivity contribution in [1.82, 2.24) is 19.4 Å². The van der Waals surface area contributed by atoms with Gasteiger partial charge in [-0.15, -0.1) is 0 Å². The van der Waals surface area contributed by atoms with E-state index >= 15 is 0 Å². The van der Waals surface area contributed by atoms with E-state index in [2.05, 4.69) is 39.8 Å². The van der Waals surface area contributed by atoms with E-state index in [0.29, 0.717) is 34.2 Å². The van der Waals surface area contributed by atoms with Gasteiger partial charge in [0.25, 0.3) is 10.0 Å². The number of nitrogens with one attached hydrogen (secondary N) is 3. The Morgan fingerprint density at radius 2 is 1.13 bits per heavy atom. The van der Waals surface area contributed by atoms with Crippen LogP contribution < -0.4 is 29.6 Å². The van der Waals surface area contributed by atoms with Crippen LogP contribution in [0.4, 0.5) is 11.4 Å². The molecule has 2 aromatic heterocycles. The third kappa shape index (κ3) is 12.8. The van der Waals surface area contributed by atoms with Crippen molar-refractivity contribution in [2.24, 2.45) is 0 Å². The van der Waals surface area contributed by atoms with E-state index in [-0.39, 0.29) is 62.3 Å². The maximum Gasteiger partial charge on any atom is 0.250 e. The van der Waals surface area contributed by atoms with Gasteiger partial charge in [0.05, 0.1) is 65.8 Å². The normalized spacial score (nSPS) is 11.2. The Morgan fingerprint density at radius 3 is 1.48 bits per heavy atom. The zero-order valence-corrected chi connectivity index (χ0v) is 38.5. The highest BCUT2D eigenvalue weighted by Gasteiger charge is 2.18. The lowest BCUT2D eigenvalue weighted by Crippen LogP contribution is -2.14. The maximum atomic E-state index is 12.4. The summed E-state index contributed by atoms with van der Waals surface area (Å²) in [6.45, 7) is 8.24. The number of H-pyrrole nitrogens is 1. The molecule has 0 aliphatic carbocycles. The summed E-state index contributed by atoms with van der Waals surface area (Å²) in [5.41, 5.74) is 4.07. The Balaban J connectivity index is 0.000000236. The van der Waals surface area contributed by atoms with Crippen LogP contribution in [0.2, 0.25) is 20.1 Å². The number of halogens is 4. The van der Waals surface area contributed by atoms with E-state index in [1.807, 2.05) is 38.1 Å². The molecule has 0 radical (unpaired) electrons. The number of hydrogen-bond donors (Lipinski definition) is 3. The number of nitrogens with zero attached hydrogens (tertiary/aromatic N) is 3. The minimum atomic E-state index is -3.51. The monoisotopic (exact) mass is 944 g/mol. The number of anilines is 2. The topological polar surface area (TPSA) is 176 Å². The van der Waals surface area contributed by atoms with Gasteiger partial charge in [-0.25, -0.2) is 8.42 Å². The van der Waals surface area contributed by atoms with Crippen molar-refractivity contribution in [2.45, 2.75) is 52.4 Å². The fraction of sp³-hybridized carbons (Fsp3) is 0.256. The number of hydrogen-bond acceptors (Lipinski definition) is 10. The van der Waals surface area contributed by atoms with Crippen molar-refractivity contribution in [3.8, 4) is 34.5 Å². The molecule has 0 saturated heterocycles. The van der Waals surface area contributed by atoms with Crippen LogP contribution in [-0.4, -0.2) is 60.1 Å². The first-order chi connectivity index (χ1) is 29.3. The minimum absolute atomic E-state index is 0.0766. The van der Waals surface area contributed by atoms with Crippen molar-refractivity contribution in [1.29, 1.82) is 0 Å². The second-order valence-electron chi connectivity index (χ2n) is 14.4. The highest BCUT2D eigenvalue weighted by molar-refractivity contribution is 7.89. The number of aromatic amines is 1. The number of aromatic nitrogens is 4. The second kappa shape index (κ2) is 21.1. The van der Waals surface area contributed by atoms with E-state index in [1.54, 1.807) is 50.9 Å². The largest absolute Gasteiger partial charge is 0.496 e. The zero-order valence-electron chi connectivity index (χ0n) is 34.7. The summed E-state index contributed by atoms with van der Waals surface area (Å²) in [7, 11) is -0.267. The molecular weight excluding hydrogens is 902 g/mol. The van der Waals surface area contributed by atoms with Crippen LogP contribution >= 0.6 is 46.4 Å². The highest BCUT2D eigenvalue weighted by Crippen LogP contribution is 2.42. The number of benzene rings is 4. The van der Waals surface area contributed by atoms with Gasteiger partial charge in [-0.3, -0.25) is 14.7 Å². The van der Waals surface area contributed by atoms with Crippen LogP contribution in [0, 0.1) is 0 Å². The van der Waals surface area contributed by atoms with Gasteiger partial charge in [0.1, 0.15) is 23.0 Å². The summed E-state index contributed by atoms with van der Waals surface area (Å²) < 4.78 is 46.4. The van der Waals surface area contributed by atoms with Gasteiger partial charge in [0.15, 0.2) is 11.5 Å². The van der Waals surface area contributed by atoms with Crippen LogP contribution in [-0.2, 0) is 32.5 Å². The van der Waals surface area contributed by atoms with Gasteiger partial charge in [0.2, 0.25) is 11.8 Å². The van der Waals surface area contributed by atoms with Crippen molar-refractivity contribution < 1.29 is 37.0 Å². The number of ether oxygens (including phenoxy) is 4. The fourth-order valence-corrected chi connectivity index (χ4v) is 7.59. The molecule has 6 rings (SSSR count). The molecule has 19 heteroatoms. The summed E-state index contributed by atoms with van der Waals surface area (Å²) in [5.74, 6) is 3.15. The molecule has 4 aromatic carbocycles. The molecule has 6 aromatic rings. The number of carbonyl (C=O) groups is 2. The average molecular weight is 947 g/mol. The SMILES string of the molecule is COc1ccc(Oc2c(Cl)cc(NC(=O)Cc3cn[nH]c3)cc2Cl)cc1C(C)C.COc1ccc(Oc2c(Cl)cc(NC(=O)Cc3cnn(S(C)(=O)=O)c3)cc2Cl)cc1C(C)C. The van der Waals surface area contributed by atoms with Crippen molar-refractivity contribution in [3.05, 3.63) is 128 Å². The second-order valence-corrected chi connectivity index (χ2v) is 17.9. The molecule has 0 unspecified atom stereocenters. The molecule has 328 valence electrons. The van der Waals surface area contributed by atoms with E-state index in [4.69, 9.17) is 65.4 Å². The smallest absolute Gasteiger partial charge is 0.250 e. The average Bonchev–Trinajstić information content (AvgIpc) is 3.90. The van der Waals surface area contributed by atoms with Gasteiger partial charge in [0, 0.05) is 40.5 Å². The summed E-state index contributed by atoms with van der Waals surface area (Å²) in [6, 6.07) is 17.2. The van der Waals surface area contributed by atoms with Crippen molar-refractivity contribution in [2.75, 3.05) is 31.1 Å². The van der Waals surface area contributed by atoms with Crippen molar-refractivity contribution >= 4 is 79.6 Å². The van der Waals surface area contributed by atoms with Gasteiger partial charge in [-0.05, 0) is 78.1 Å². The molecule has 3 N–H and O–H groups in total. The number of carbonyl (C=O) groups excluding carboxylic acids is 2. The van der Waals surface area contributed by atoms with E-state index < -0.39 is 10.0 Å². The molecule has 0 bridgehead atoms. The summed E-state index contributed by atoms with van der Waals surface area (Å²) in [5, 5.41) is 16.7. The third-order valence-electron chi connectivity index (χ3n) is 8.89. The Morgan fingerprint density at radius 1 is 0.694 bits per heavy atom. The van der Waals surface area contributed by atoms with Gasteiger partial charge in [-0.1, -0.05) is 74.1 Å². The number of methoxy groups -OCH3 is 2. The van der Waals surface area contributed by atoms with Gasteiger partial charge in [-0.2, -0.15) is 14.3 Å². The van der Waals surface area contributed by atoms with E-state index in [0.717, 1.165) is 38.5 Å². The molecule has 0 spiro atoms. The molecule has 0 aliphatic heterocycles. The third-order valence-corrected chi connectivity index (χ3v) is 10.9. The van der Waals surface area contributed by atoms with Crippen LogP contribution in [0.1, 0.15) is 61.8 Å². The van der Waals surface area contributed by atoms with Crippen molar-refractivity contribution in [3.63, 3.8) is 0 Å². The minimum Gasteiger partial charge on any atom is -0.496 e. The Hall–Kier alpha value is -5.45. The molecule has 0 fully saturated rings. The zero-order chi connectivity index (χ0) is 45.3. The number of rotatable bonds is 15. The molecule has 2 amide bonds. The lowest BCUT2D eigenvalue weighted by molar-refractivity contribution is -0.116. The Labute approximate surface area is 379 Å². The predicted molar refractivity (Wildman–Crippen MR) is 243 cm³/mol. The standard InChI is InChI=1S/C22H23Cl2N3O5S.C21H21Cl2N3O3/c1-13(2)17-10-16(5-6-20(17)31-3)32-22-18(23)8-15(9-19(22)24)26-21(28)7-14-11-25-27(12-14)33(4,29)30;1-12(2)16-9-15(4-5-19(16)28-3)29-21-17(22)7-14(8-18(21)23)26-20(27)6-13-10-24-25-11-13/h5-6,8-13H,7H2,1-4H3,(H,26,28);4-5,7-12H,6H2,1-3H3,(H,24,25)(H,26,27). The number of amides is 2. The molecule has 62 heavy (non-hydrogen) atoms. The first-order valence-electron chi connectivity index (χ1n) is 18.9. The quantitative estimate of drug-likeness (QED) is 0.0898. The Kier molecular flexibility index (Phi) is 16.2. The lowest BCUT2D eigenvalue weighted by atomic mass is 10.0. The van der Waals surface area contributed by atoms with Crippen LogP contribution in [0.3, 0.4) is 0 Å². The molecule has 0 atom stereocenters. The summed E-state index contributed by atoms with van der Waals surface area (Å²) in [4.78, 5) is 24.5. The van der Waals surface area contributed by atoms with Gasteiger partial charge < -0.3 is 29.6 Å². The molecule has 0 aliphatic rings.